The lowest BCUT2D eigenvalue weighted by Crippen LogP contribution is -2.06. The van der Waals surface area contributed by atoms with E-state index in [1.807, 2.05) is 25.2 Å². The fourth-order valence-corrected chi connectivity index (χ4v) is 2.19. The average molecular weight is 269 g/mol. The Morgan fingerprint density at radius 2 is 2.00 bits per heavy atom. The SMILES string of the molecule is Cn1cnc2c(=O)oc(CCCc3ccccc3)nc21. The van der Waals surface area contributed by atoms with E-state index in [9.17, 15) is 4.79 Å². The van der Waals surface area contributed by atoms with Crippen LogP contribution in [0.25, 0.3) is 11.2 Å². The number of benzene rings is 1. The van der Waals surface area contributed by atoms with Gasteiger partial charge < -0.3 is 8.98 Å². The highest BCUT2D eigenvalue weighted by Crippen LogP contribution is 2.09. The quantitative estimate of drug-likeness (QED) is 0.727. The van der Waals surface area contributed by atoms with E-state index in [0.29, 0.717) is 23.5 Å². The summed E-state index contributed by atoms with van der Waals surface area (Å²) in [7, 11) is 1.82. The third-order valence-electron chi connectivity index (χ3n) is 3.24. The molecule has 20 heavy (non-hydrogen) atoms. The summed E-state index contributed by atoms with van der Waals surface area (Å²) < 4.78 is 6.93. The van der Waals surface area contributed by atoms with Crippen molar-refractivity contribution in [3.8, 4) is 0 Å². The van der Waals surface area contributed by atoms with Crippen molar-refractivity contribution in [3.05, 3.63) is 58.5 Å². The molecule has 0 radical (unpaired) electrons. The average Bonchev–Trinajstić information content (AvgIpc) is 2.82. The van der Waals surface area contributed by atoms with Crippen molar-refractivity contribution < 1.29 is 4.42 Å². The molecule has 2 heterocycles. The lowest BCUT2D eigenvalue weighted by Gasteiger charge is -2.01. The monoisotopic (exact) mass is 269 g/mol. The van der Waals surface area contributed by atoms with Gasteiger partial charge in [-0.05, 0) is 18.4 Å². The zero-order valence-corrected chi connectivity index (χ0v) is 11.2. The van der Waals surface area contributed by atoms with Crippen LogP contribution in [0, 0.1) is 0 Å². The van der Waals surface area contributed by atoms with Gasteiger partial charge in [-0.3, -0.25) is 0 Å². The van der Waals surface area contributed by atoms with Crippen molar-refractivity contribution in [3.63, 3.8) is 0 Å². The van der Waals surface area contributed by atoms with Crippen molar-refractivity contribution in [2.45, 2.75) is 19.3 Å². The largest absolute Gasteiger partial charge is 0.407 e. The molecule has 1 aromatic carbocycles. The third-order valence-corrected chi connectivity index (χ3v) is 3.24. The molecule has 102 valence electrons. The van der Waals surface area contributed by atoms with Gasteiger partial charge in [0.15, 0.2) is 11.2 Å². The fourth-order valence-electron chi connectivity index (χ4n) is 2.19. The molecule has 5 nitrogen and oxygen atoms in total. The van der Waals surface area contributed by atoms with E-state index in [1.165, 1.54) is 5.56 Å². The Hall–Kier alpha value is -2.43. The van der Waals surface area contributed by atoms with Crippen molar-refractivity contribution in [1.82, 2.24) is 14.5 Å². The van der Waals surface area contributed by atoms with Crippen molar-refractivity contribution in [1.29, 1.82) is 0 Å². The fraction of sp³-hybridized carbons (Fsp3) is 0.267. The number of imidazole rings is 1. The number of aromatic nitrogens is 3. The summed E-state index contributed by atoms with van der Waals surface area (Å²) in [4.78, 5) is 20.1. The number of hydrogen-bond donors (Lipinski definition) is 0. The Morgan fingerprint density at radius 3 is 2.80 bits per heavy atom. The van der Waals surface area contributed by atoms with Gasteiger partial charge >= 0.3 is 5.63 Å². The first-order chi connectivity index (χ1) is 9.74. The minimum Gasteiger partial charge on any atom is -0.407 e. The lowest BCUT2D eigenvalue weighted by atomic mass is 10.1. The van der Waals surface area contributed by atoms with Crippen molar-refractivity contribution in [2.24, 2.45) is 7.05 Å². The van der Waals surface area contributed by atoms with Gasteiger partial charge in [0.05, 0.1) is 6.33 Å². The molecule has 0 N–H and O–H groups in total. The summed E-state index contributed by atoms with van der Waals surface area (Å²) >= 11 is 0. The highest BCUT2D eigenvalue weighted by molar-refractivity contribution is 5.68. The summed E-state index contributed by atoms with van der Waals surface area (Å²) in [5.74, 6) is 0.474. The maximum absolute atomic E-state index is 11.8. The molecule has 0 amide bonds. The Balaban J connectivity index is 1.75. The topological polar surface area (TPSA) is 60.9 Å². The van der Waals surface area contributed by atoms with Crippen molar-refractivity contribution >= 4 is 11.2 Å². The molecule has 0 unspecified atom stereocenters. The Bertz CT molecular complexity index is 775. The summed E-state index contributed by atoms with van der Waals surface area (Å²) in [6, 6.07) is 10.2. The molecule has 5 heteroatoms. The van der Waals surface area contributed by atoms with Crippen LogP contribution < -0.4 is 5.63 Å². The van der Waals surface area contributed by atoms with Gasteiger partial charge in [-0.2, -0.15) is 4.98 Å². The van der Waals surface area contributed by atoms with Crippen molar-refractivity contribution in [2.75, 3.05) is 0 Å². The molecule has 0 saturated heterocycles. The molecular formula is C15H15N3O2. The molecule has 0 saturated carbocycles. The first-order valence-corrected chi connectivity index (χ1v) is 6.59. The molecule has 0 atom stereocenters. The van der Waals surface area contributed by atoms with Crippen LogP contribution >= 0.6 is 0 Å². The zero-order valence-electron chi connectivity index (χ0n) is 11.2. The second kappa shape index (κ2) is 5.28. The van der Waals surface area contributed by atoms with Gasteiger partial charge in [-0.15, -0.1) is 0 Å². The number of hydrogen-bond acceptors (Lipinski definition) is 4. The van der Waals surface area contributed by atoms with Crippen LogP contribution in [0.15, 0.2) is 45.9 Å². The van der Waals surface area contributed by atoms with Crippen LogP contribution in [-0.4, -0.2) is 14.5 Å². The summed E-state index contributed by atoms with van der Waals surface area (Å²) in [5.41, 5.74) is 1.73. The minimum absolute atomic E-state index is 0.291. The van der Waals surface area contributed by atoms with Crippen LogP contribution in [0.1, 0.15) is 17.9 Å². The molecule has 0 aliphatic carbocycles. The molecule has 0 spiro atoms. The summed E-state index contributed by atoms with van der Waals surface area (Å²) in [6.07, 6.45) is 4.05. The molecule has 0 aliphatic rings. The van der Waals surface area contributed by atoms with Gasteiger partial charge in [0.1, 0.15) is 0 Å². The van der Waals surface area contributed by atoms with Gasteiger partial charge in [0.25, 0.3) is 0 Å². The van der Waals surface area contributed by atoms with Crippen LogP contribution in [0.2, 0.25) is 0 Å². The Labute approximate surface area is 115 Å². The molecular weight excluding hydrogens is 254 g/mol. The molecule has 0 aliphatic heterocycles. The number of rotatable bonds is 4. The summed E-state index contributed by atoms with van der Waals surface area (Å²) in [6.45, 7) is 0. The van der Waals surface area contributed by atoms with Gasteiger partial charge in [-0.25, -0.2) is 9.78 Å². The van der Waals surface area contributed by atoms with E-state index in [2.05, 4.69) is 22.1 Å². The van der Waals surface area contributed by atoms with Crippen LogP contribution in [-0.2, 0) is 19.9 Å². The number of fused-ring (bicyclic) bond motifs is 1. The first-order valence-electron chi connectivity index (χ1n) is 6.59. The molecule has 3 aromatic rings. The van der Waals surface area contributed by atoms with Gasteiger partial charge in [0.2, 0.25) is 5.89 Å². The van der Waals surface area contributed by atoms with E-state index in [0.717, 1.165) is 12.8 Å². The molecule has 3 rings (SSSR count). The van der Waals surface area contributed by atoms with E-state index < -0.39 is 5.63 Å². The van der Waals surface area contributed by atoms with E-state index in [4.69, 9.17) is 4.42 Å². The van der Waals surface area contributed by atoms with Crippen LogP contribution in [0.4, 0.5) is 0 Å². The van der Waals surface area contributed by atoms with Gasteiger partial charge in [-0.1, -0.05) is 30.3 Å². The second-order valence-corrected chi connectivity index (χ2v) is 4.76. The molecule has 0 bridgehead atoms. The predicted molar refractivity (Wildman–Crippen MR) is 75.5 cm³/mol. The normalized spacial score (nSPS) is 11.1. The van der Waals surface area contributed by atoms with E-state index >= 15 is 0 Å². The van der Waals surface area contributed by atoms with Crippen LogP contribution in [0.3, 0.4) is 0 Å². The molecule has 2 aromatic heterocycles. The number of nitrogens with zero attached hydrogens (tertiary/aromatic N) is 3. The zero-order chi connectivity index (χ0) is 13.9. The number of aryl methyl sites for hydroxylation is 3. The highest BCUT2D eigenvalue weighted by atomic mass is 16.4. The molecule has 0 fully saturated rings. The Kier molecular flexibility index (Phi) is 3.33. The van der Waals surface area contributed by atoms with Gasteiger partial charge in [0, 0.05) is 13.5 Å². The van der Waals surface area contributed by atoms with E-state index in [-0.39, 0.29) is 0 Å². The first kappa shape index (κ1) is 12.6. The maximum atomic E-state index is 11.8. The smallest absolute Gasteiger partial charge is 0.367 e. The lowest BCUT2D eigenvalue weighted by molar-refractivity contribution is 0.437. The maximum Gasteiger partial charge on any atom is 0.367 e. The Morgan fingerprint density at radius 1 is 1.20 bits per heavy atom. The summed E-state index contributed by atoms with van der Waals surface area (Å²) in [5, 5.41) is 0. The van der Waals surface area contributed by atoms with Crippen LogP contribution in [0.5, 0.6) is 0 Å². The minimum atomic E-state index is -0.412. The predicted octanol–water partition coefficient (Wildman–Crippen LogP) is 2.10. The highest BCUT2D eigenvalue weighted by Gasteiger charge is 2.10. The van der Waals surface area contributed by atoms with E-state index in [1.54, 1.807) is 10.9 Å². The third kappa shape index (κ3) is 2.47. The standard InChI is InChI=1S/C15H15N3O2/c1-18-10-16-13-14(18)17-12(20-15(13)19)9-5-8-11-6-3-2-4-7-11/h2-4,6-7,10H,5,8-9H2,1H3. The second-order valence-electron chi connectivity index (χ2n) is 4.76.